The van der Waals surface area contributed by atoms with Crippen LogP contribution in [0.5, 0.6) is 0 Å². The lowest BCUT2D eigenvalue weighted by atomic mass is 10.2. The molecule has 0 amide bonds. The van der Waals surface area contributed by atoms with Crippen LogP contribution in [0.4, 0.5) is 5.00 Å². The van der Waals surface area contributed by atoms with Crippen LogP contribution < -0.4 is 5.32 Å². The molecule has 0 bridgehead atoms. The van der Waals surface area contributed by atoms with Crippen molar-refractivity contribution in [3.63, 3.8) is 0 Å². The average molecular weight is 258 g/mol. The summed E-state index contributed by atoms with van der Waals surface area (Å²) in [4.78, 5) is 4.05. The van der Waals surface area contributed by atoms with Gasteiger partial charge in [-0.2, -0.15) is 4.37 Å². The van der Waals surface area contributed by atoms with Gasteiger partial charge in [0.2, 0.25) is 0 Å². The molecule has 0 radical (unpaired) electrons. The first-order valence-corrected chi connectivity index (χ1v) is 6.67. The van der Waals surface area contributed by atoms with Crippen molar-refractivity contribution in [3.8, 4) is 0 Å². The molecule has 0 fully saturated rings. The van der Waals surface area contributed by atoms with Gasteiger partial charge >= 0.3 is 0 Å². The number of nitrogens with one attached hydrogen (secondary N) is 1. The SMILES string of the molecule is CC(Cn1ccnc1)Nc1snc2ccccc12. The Bertz CT molecular complexity index is 629. The number of anilines is 1. The molecule has 0 spiro atoms. The minimum absolute atomic E-state index is 0.336. The van der Waals surface area contributed by atoms with Gasteiger partial charge < -0.3 is 9.88 Å². The largest absolute Gasteiger partial charge is 0.371 e. The fraction of sp³-hybridized carbons (Fsp3) is 0.231. The van der Waals surface area contributed by atoms with Crippen molar-refractivity contribution in [2.75, 3.05) is 5.32 Å². The molecule has 92 valence electrons. The zero-order chi connectivity index (χ0) is 12.4. The summed E-state index contributed by atoms with van der Waals surface area (Å²) in [7, 11) is 0. The van der Waals surface area contributed by atoms with Crippen molar-refractivity contribution >= 4 is 27.4 Å². The van der Waals surface area contributed by atoms with Crippen molar-refractivity contribution in [2.45, 2.75) is 19.5 Å². The second-order valence-electron chi connectivity index (χ2n) is 4.33. The van der Waals surface area contributed by atoms with Gasteiger partial charge in [-0.05, 0) is 30.6 Å². The molecule has 0 aliphatic carbocycles. The molecule has 4 nitrogen and oxygen atoms in total. The molecule has 1 unspecified atom stereocenters. The standard InChI is InChI=1S/C13H14N4S/c1-10(8-17-7-6-14-9-17)15-13-11-4-2-3-5-12(11)16-18-13/h2-7,9-10,15H,8H2,1H3. The molecular formula is C13H14N4S. The Morgan fingerprint density at radius 1 is 1.39 bits per heavy atom. The number of hydrogen-bond acceptors (Lipinski definition) is 4. The molecule has 3 aromatic rings. The quantitative estimate of drug-likeness (QED) is 0.782. The fourth-order valence-electron chi connectivity index (χ4n) is 1.97. The maximum atomic E-state index is 4.43. The number of rotatable bonds is 4. The van der Waals surface area contributed by atoms with Crippen molar-refractivity contribution in [1.29, 1.82) is 0 Å². The molecule has 1 atom stereocenters. The smallest absolute Gasteiger partial charge is 0.117 e. The van der Waals surface area contributed by atoms with E-state index in [2.05, 4.69) is 32.2 Å². The minimum atomic E-state index is 0.336. The van der Waals surface area contributed by atoms with Gasteiger partial charge in [-0.1, -0.05) is 12.1 Å². The number of aromatic nitrogens is 3. The summed E-state index contributed by atoms with van der Waals surface area (Å²) in [5.74, 6) is 0. The van der Waals surface area contributed by atoms with E-state index in [4.69, 9.17) is 0 Å². The summed E-state index contributed by atoms with van der Waals surface area (Å²) in [5, 5.41) is 5.84. The maximum absolute atomic E-state index is 4.43. The Kier molecular flexibility index (Phi) is 2.98. The lowest BCUT2D eigenvalue weighted by molar-refractivity contribution is 0.620. The van der Waals surface area contributed by atoms with E-state index in [0.29, 0.717) is 6.04 Å². The molecule has 2 heterocycles. The van der Waals surface area contributed by atoms with Gasteiger partial charge in [-0.25, -0.2) is 4.98 Å². The van der Waals surface area contributed by atoms with Crippen LogP contribution in [0.25, 0.3) is 10.9 Å². The lowest BCUT2D eigenvalue weighted by Gasteiger charge is -2.14. The Balaban J connectivity index is 1.76. The third-order valence-corrected chi connectivity index (χ3v) is 3.61. The first kappa shape index (κ1) is 11.2. The Labute approximate surface area is 109 Å². The van der Waals surface area contributed by atoms with Crippen molar-refractivity contribution in [1.82, 2.24) is 13.9 Å². The molecule has 18 heavy (non-hydrogen) atoms. The summed E-state index contributed by atoms with van der Waals surface area (Å²) in [5.41, 5.74) is 1.06. The number of hydrogen-bond donors (Lipinski definition) is 1. The second kappa shape index (κ2) is 4.78. The maximum Gasteiger partial charge on any atom is 0.117 e. The van der Waals surface area contributed by atoms with Crippen LogP contribution in [-0.2, 0) is 6.54 Å². The van der Waals surface area contributed by atoms with Gasteiger partial charge in [0.15, 0.2) is 0 Å². The molecule has 1 N–H and O–H groups in total. The summed E-state index contributed by atoms with van der Waals surface area (Å²) >= 11 is 1.52. The number of benzene rings is 1. The molecule has 0 saturated carbocycles. The lowest BCUT2D eigenvalue weighted by Crippen LogP contribution is -2.20. The van der Waals surface area contributed by atoms with Crippen LogP contribution in [0.2, 0.25) is 0 Å². The van der Waals surface area contributed by atoms with Gasteiger partial charge in [-0.15, -0.1) is 0 Å². The van der Waals surface area contributed by atoms with Gasteiger partial charge in [0.1, 0.15) is 5.00 Å². The third-order valence-electron chi connectivity index (χ3n) is 2.81. The zero-order valence-corrected chi connectivity index (χ0v) is 10.9. The van der Waals surface area contributed by atoms with Gasteiger partial charge in [0, 0.05) is 30.4 Å². The highest BCUT2D eigenvalue weighted by Gasteiger charge is 2.08. The van der Waals surface area contributed by atoms with E-state index >= 15 is 0 Å². The molecule has 0 saturated heterocycles. The van der Waals surface area contributed by atoms with E-state index in [1.165, 1.54) is 16.9 Å². The predicted octanol–water partition coefficient (Wildman–Crippen LogP) is 2.99. The van der Waals surface area contributed by atoms with E-state index in [1.807, 2.05) is 30.7 Å². The van der Waals surface area contributed by atoms with Crippen LogP contribution in [0.15, 0.2) is 43.0 Å². The molecule has 0 aliphatic rings. The van der Waals surface area contributed by atoms with Crippen molar-refractivity contribution < 1.29 is 0 Å². The fourth-order valence-corrected chi connectivity index (χ4v) is 2.85. The van der Waals surface area contributed by atoms with E-state index in [0.717, 1.165) is 17.1 Å². The van der Waals surface area contributed by atoms with Crippen LogP contribution >= 0.6 is 11.5 Å². The number of nitrogens with zero attached hydrogens (tertiary/aromatic N) is 3. The molecule has 1 aromatic carbocycles. The van der Waals surface area contributed by atoms with Crippen LogP contribution in [-0.4, -0.2) is 20.0 Å². The predicted molar refractivity (Wildman–Crippen MR) is 74.9 cm³/mol. The highest BCUT2D eigenvalue weighted by molar-refractivity contribution is 7.11. The molecule has 5 heteroatoms. The highest BCUT2D eigenvalue weighted by atomic mass is 32.1. The summed E-state index contributed by atoms with van der Waals surface area (Å²) in [6.07, 6.45) is 5.61. The monoisotopic (exact) mass is 258 g/mol. The molecule has 3 rings (SSSR count). The molecule has 0 aliphatic heterocycles. The van der Waals surface area contributed by atoms with Crippen molar-refractivity contribution in [3.05, 3.63) is 43.0 Å². The first-order valence-electron chi connectivity index (χ1n) is 5.89. The third kappa shape index (κ3) is 2.22. The Morgan fingerprint density at radius 2 is 2.28 bits per heavy atom. The summed E-state index contributed by atoms with van der Waals surface area (Å²) < 4.78 is 6.50. The zero-order valence-electron chi connectivity index (χ0n) is 10.1. The normalized spacial score (nSPS) is 12.7. The topological polar surface area (TPSA) is 42.7 Å². The van der Waals surface area contributed by atoms with Gasteiger partial charge in [0.05, 0.1) is 11.8 Å². The minimum Gasteiger partial charge on any atom is -0.371 e. The van der Waals surface area contributed by atoms with Crippen LogP contribution in [0.1, 0.15) is 6.92 Å². The first-order chi connectivity index (χ1) is 8.83. The van der Waals surface area contributed by atoms with Gasteiger partial charge in [-0.3, -0.25) is 0 Å². The highest BCUT2D eigenvalue weighted by Crippen LogP contribution is 2.27. The van der Waals surface area contributed by atoms with Gasteiger partial charge in [0.25, 0.3) is 0 Å². The molecule has 2 aromatic heterocycles. The summed E-state index contributed by atoms with van der Waals surface area (Å²) in [6.45, 7) is 3.06. The van der Waals surface area contributed by atoms with E-state index < -0.39 is 0 Å². The van der Waals surface area contributed by atoms with Crippen LogP contribution in [0, 0.1) is 0 Å². The number of imidazole rings is 1. The Morgan fingerprint density at radius 3 is 3.11 bits per heavy atom. The van der Waals surface area contributed by atoms with E-state index in [9.17, 15) is 0 Å². The Hall–Kier alpha value is -1.88. The second-order valence-corrected chi connectivity index (χ2v) is 5.11. The summed E-state index contributed by atoms with van der Waals surface area (Å²) in [6, 6.07) is 8.54. The molecular weight excluding hydrogens is 244 g/mol. The van der Waals surface area contributed by atoms with E-state index in [-0.39, 0.29) is 0 Å². The number of fused-ring (bicyclic) bond motifs is 1. The van der Waals surface area contributed by atoms with Crippen LogP contribution in [0.3, 0.4) is 0 Å². The van der Waals surface area contributed by atoms with Crippen molar-refractivity contribution in [2.24, 2.45) is 0 Å². The average Bonchev–Trinajstić information content (AvgIpc) is 3.00. The van der Waals surface area contributed by atoms with E-state index in [1.54, 1.807) is 6.20 Å².